The van der Waals surface area contributed by atoms with Gasteiger partial charge in [0, 0.05) is 5.33 Å². The van der Waals surface area contributed by atoms with Crippen molar-refractivity contribution in [3.8, 4) is 11.5 Å². The molecule has 0 aliphatic carbocycles. The lowest BCUT2D eigenvalue weighted by atomic mass is 10.2. The largest absolute Gasteiger partial charge is 0.490 e. The Labute approximate surface area is 112 Å². The molecule has 96 valence electrons. The lowest BCUT2D eigenvalue weighted by molar-refractivity contribution is 0.271. The van der Waals surface area contributed by atoms with Gasteiger partial charge in [0.1, 0.15) is 0 Å². The molecule has 2 nitrogen and oxygen atoms in total. The Morgan fingerprint density at radius 3 is 2.53 bits per heavy atom. The van der Waals surface area contributed by atoms with Crippen LogP contribution in [0.1, 0.15) is 38.7 Å². The number of alkyl halides is 1. The van der Waals surface area contributed by atoms with Gasteiger partial charge in [-0.2, -0.15) is 0 Å². The van der Waals surface area contributed by atoms with Gasteiger partial charge in [-0.1, -0.05) is 41.8 Å². The highest BCUT2D eigenvalue weighted by atomic mass is 79.9. The predicted octanol–water partition coefficient (Wildman–Crippen LogP) is 4.55. The van der Waals surface area contributed by atoms with Crippen LogP contribution < -0.4 is 9.47 Å². The van der Waals surface area contributed by atoms with Crippen molar-refractivity contribution >= 4 is 15.9 Å². The quantitative estimate of drug-likeness (QED) is 0.518. The van der Waals surface area contributed by atoms with E-state index in [1.807, 2.05) is 19.1 Å². The van der Waals surface area contributed by atoms with E-state index in [4.69, 9.17) is 9.47 Å². The lowest BCUT2D eigenvalue weighted by Crippen LogP contribution is -2.01. The summed E-state index contributed by atoms with van der Waals surface area (Å²) >= 11 is 3.44. The number of hydrogen-bond acceptors (Lipinski definition) is 2. The Morgan fingerprint density at radius 1 is 1.06 bits per heavy atom. The first kappa shape index (κ1) is 14.4. The van der Waals surface area contributed by atoms with Gasteiger partial charge in [0.15, 0.2) is 11.5 Å². The predicted molar refractivity (Wildman–Crippen MR) is 75.3 cm³/mol. The summed E-state index contributed by atoms with van der Waals surface area (Å²) < 4.78 is 11.3. The molecular formula is C14H21BrO2. The van der Waals surface area contributed by atoms with Gasteiger partial charge in [0.05, 0.1) is 13.2 Å². The zero-order chi connectivity index (χ0) is 12.5. The first-order chi connectivity index (χ1) is 8.31. The van der Waals surface area contributed by atoms with Crippen LogP contribution in [0.2, 0.25) is 0 Å². The number of rotatable bonds is 8. The van der Waals surface area contributed by atoms with Crippen molar-refractivity contribution in [3.63, 3.8) is 0 Å². The summed E-state index contributed by atoms with van der Waals surface area (Å²) in [4.78, 5) is 0. The van der Waals surface area contributed by atoms with Crippen LogP contribution >= 0.6 is 15.9 Å². The van der Waals surface area contributed by atoms with Crippen molar-refractivity contribution in [2.24, 2.45) is 0 Å². The summed E-state index contributed by atoms with van der Waals surface area (Å²) in [6.07, 6.45) is 3.52. The van der Waals surface area contributed by atoms with Crippen LogP contribution in [0, 0.1) is 0 Å². The summed E-state index contributed by atoms with van der Waals surface area (Å²) in [6.45, 7) is 5.61. The monoisotopic (exact) mass is 300 g/mol. The number of halogens is 1. The summed E-state index contributed by atoms with van der Waals surface area (Å²) in [7, 11) is 0. The maximum Gasteiger partial charge on any atom is 0.161 e. The van der Waals surface area contributed by atoms with E-state index in [0.29, 0.717) is 6.61 Å². The third kappa shape index (κ3) is 4.99. The molecule has 0 aliphatic rings. The summed E-state index contributed by atoms with van der Waals surface area (Å²) in [5, 5.41) is 0.836. The maximum absolute atomic E-state index is 5.75. The van der Waals surface area contributed by atoms with Crippen molar-refractivity contribution < 1.29 is 9.47 Å². The normalized spacial score (nSPS) is 10.3. The standard InChI is InChI=1S/C14H21BrO2/c1-3-5-6-9-17-13-8-7-12(11-15)10-14(13)16-4-2/h7-8,10H,3-6,9,11H2,1-2H3. The molecule has 17 heavy (non-hydrogen) atoms. The van der Waals surface area contributed by atoms with E-state index in [1.54, 1.807) is 0 Å². The molecule has 1 aromatic carbocycles. The summed E-state index contributed by atoms with van der Waals surface area (Å²) in [6, 6.07) is 6.09. The minimum absolute atomic E-state index is 0.664. The fraction of sp³-hybridized carbons (Fsp3) is 0.571. The van der Waals surface area contributed by atoms with Gasteiger partial charge in [-0.3, -0.25) is 0 Å². The van der Waals surface area contributed by atoms with Gasteiger partial charge in [0.25, 0.3) is 0 Å². The second-order valence-corrected chi connectivity index (χ2v) is 4.46. The smallest absolute Gasteiger partial charge is 0.161 e. The second kappa shape index (κ2) is 8.40. The SMILES string of the molecule is CCCCCOc1ccc(CBr)cc1OCC. The Morgan fingerprint density at radius 2 is 1.88 bits per heavy atom. The van der Waals surface area contributed by atoms with Gasteiger partial charge in [-0.15, -0.1) is 0 Å². The highest BCUT2D eigenvalue weighted by molar-refractivity contribution is 9.08. The number of ether oxygens (including phenoxy) is 2. The molecule has 3 heteroatoms. The molecule has 0 N–H and O–H groups in total. The number of benzene rings is 1. The average Bonchev–Trinajstić information content (AvgIpc) is 2.36. The molecule has 0 heterocycles. The fourth-order valence-electron chi connectivity index (χ4n) is 1.56. The van der Waals surface area contributed by atoms with Crippen molar-refractivity contribution in [1.29, 1.82) is 0 Å². The van der Waals surface area contributed by atoms with E-state index in [2.05, 4.69) is 28.9 Å². The van der Waals surface area contributed by atoms with Gasteiger partial charge in [-0.05, 0) is 31.0 Å². The van der Waals surface area contributed by atoms with Crippen molar-refractivity contribution in [2.75, 3.05) is 13.2 Å². The fourth-order valence-corrected chi connectivity index (χ4v) is 1.91. The molecule has 1 aromatic rings. The van der Waals surface area contributed by atoms with Gasteiger partial charge < -0.3 is 9.47 Å². The molecule has 0 saturated carbocycles. The zero-order valence-corrected chi connectivity index (χ0v) is 12.3. The van der Waals surface area contributed by atoms with E-state index in [9.17, 15) is 0 Å². The van der Waals surface area contributed by atoms with Crippen LogP contribution in [-0.2, 0) is 5.33 Å². The minimum Gasteiger partial charge on any atom is -0.490 e. The minimum atomic E-state index is 0.664. The van der Waals surface area contributed by atoms with Crippen molar-refractivity contribution in [3.05, 3.63) is 23.8 Å². The molecule has 0 atom stereocenters. The van der Waals surface area contributed by atoms with E-state index in [-0.39, 0.29) is 0 Å². The Balaban J connectivity index is 2.62. The molecule has 0 saturated heterocycles. The van der Waals surface area contributed by atoms with E-state index in [1.165, 1.54) is 18.4 Å². The lowest BCUT2D eigenvalue weighted by Gasteiger charge is -2.12. The average molecular weight is 301 g/mol. The van der Waals surface area contributed by atoms with Crippen LogP contribution in [0.4, 0.5) is 0 Å². The molecule has 0 radical (unpaired) electrons. The maximum atomic E-state index is 5.75. The van der Waals surface area contributed by atoms with Gasteiger partial charge in [0.2, 0.25) is 0 Å². The first-order valence-corrected chi connectivity index (χ1v) is 7.38. The Bertz CT molecular complexity index is 326. The highest BCUT2D eigenvalue weighted by Gasteiger charge is 2.05. The Kier molecular flexibility index (Phi) is 7.10. The van der Waals surface area contributed by atoms with Crippen LogP contribution in [0.5, 0.6) is 11.5 Å². The topological polar surface area (TPSA) is 18.5 Å². The van der Waals surface area contributed by atoms with Crippen LogP contribution in [0.15, 0.2) is 18.2 Å². The zero-order valence-electron chi connectivity index (χ0n) is 10.7. The highest BCUT2D eigenvalue weighted by Crippen LogP contribution is 2.29. The number of hydrogen-bond donors (Lipinski definition) is 0. The molecule has 0 bridgehead atoms. The molecule has 0 spiro atoms. The van der Waals surface area contributed by atoms with Crippen molar-refractivity contribution in [1.82, 2.24) is 0 Å². The second-order valence-electron chi connectivity index (χ2n) is 3.90. The first-order valence-electron chi connectivity index (χ1n) is 6.26. The van der Waals surface area contributed by atoms with Crippen LogP contribution in [0.25, 0.3) is 0 Å². The van der Waals surface area contributed by atoms with Crippen LogP contribution in [-0.4, -0.2) is 13.2 Å². The Hall–Kier alpha value is -0.700. The van der Waals surface area contributed by atoms with E-state index in [0.717, 1.165) is 29.9 Å². The molecule has 0 amide bonds. The van der Waals surface area contributed by atoms with E-state index < -0.39 is 0 Å². The van der Waals surface area contributed by atoms with Gasteiger partial charge >= 0.3 is 0 Å². The van der Waals surface area contributed by atoms with Gasteiger partial charge in [-0.25, -0.2) is 0 Å². The molecule has 0 fully saturated rings. The van der Waals surface area contributed by atoms with Crippen molar-refractivity contribution in [2.45, 2.75) is 38.4 Å². The number of unbranched alkanes of at least 4 members (excludes halogenated alkanes) is 2. The molecule has 0 aliphatic heterocycles. The third-order valence-corrected chi connectivity index (χ3v) is 3.12. The summed E-state index contributed by atoms with van der Waals surface area (Å²) in [5.74, 6) is 1.70. The van der Waals surface area contributed by atoms with E-state index >= 15 is 0 Å². The molecular weight excluding hydrogens is 280 g/mol. The molecule has 0 aromatic heterocycles. The third-order valence-electron chi connectivity index (χ3n) is 2.47. The summed E-state index contributed by atoms with van der Waals surface area (Å²) in [5.41, 5.74) is 1.20. The molecule has 1 rings (SSSR count). The molecule has 0 unspecified atom stereocenters. The van der Waals surface area contributed by atoms with Crippen LogP contribution in [0.3, 0.4) is 0 Å².